The molecular weight excluding hydrogens is 210 g/mol. The van der Waals surface area contributed by atoms with Crippen LogP contribution in [0.15, 0.2) is 18.3 Å². The van der Waals surface area contributed by atoms with Gasteiger partial charge in [0.25, 0.3) is 5.69 Å². The van der Waals surface area contributed by atoms with Gasteiger partial charge in [0.1, 0.15) is 0 Å². The van der Waals surface area contributed by atoms with E-state index in [-0.39, 0.29) is 17.6 Å². The van der Waals surface area contributed by atoms with E-state index >= 15 is 0 Å². The molecule has 1 aromatic rings. The van der Waals surface area contributed by atoms with Crippen LogP contribution in [0.1, 0.15) is 19.5 Å². The molecule has 0 bridgehead atoms. The van der Waals surface area contributed by atoms with Crippen LogP contribution in [0.3, 0.4) is 0 Å². The van der Waals surface area contributed by atoms with Crippen LogP contribution in [0.2, 0.25) is 0 Å². The second-order valence-corrected chi connectivity index (χ2v) is 3.57. The van der Waals surface area contributed by atoms with Crippen LogP contribution in [0.25, 0.3) is 6.08 Å². The number of carbonyl (C=O) groups excluding carboxylic acids is 1. The van der Waals surface area contributed by atoms with Gasteiger partial charge in [0.2, 0.25) is 5.91 Å². The molecule has 0 aliphatic carbocycles. The Bertz CT molecular complexity index is 421. The molecule has 1 amide bonds. The van der Waals surface area contributed by atoms with Gasteiger partial charge >= 0.3 is 0 Å². The lowest BCUT2D eigenvalue weighted by Gasteiger charge is -2.03. The van der Waals surface area contributed by atoms with E-state index in [0.29, 0.717) is 5.69 Å². The second kappa shape index (κ2) is 5.11. The Morgan fingerprint density at radius 2 is 2.31 bits per heavy atom. The first-order chi connectivity index (χ1) is 7.49. The Morgan fingerprint density at radius 3 is 2.81 bits per heavy atom. The fraction of sp³-hybridized carbons (Fsp3) is 0.300. The number of nitrogens with one attached hydrogen (secondary N) is 2. The van der Waals surface area contributed by atoms with E-state index < -0.39 is 4.92 Å². The van der Waals surface area contributed by atoms with Gasteiger partial charge in [-0.05, 0) is 19.9 Å². The molecule has 1 aromatic heterocycles. The van der Waals surface area contributed by atoms with Gasteiger partial charge in [-0.15, -0.1) is 0 Å². The third kappa shape index (κ3) is 3.56. The van der Waals surface area contributed by atoms with Crippen molar-refractivity contribution >= 4 is 17.7 Å². The van der Waals surface area contributed by atoms with Gasteiger partial charge in [-0.25, -0.2) is 0 Å². The van der Waals surface area contributed by atoms with Crippen molar-refractivity contribution in [3.63, 3.8) is 0 Å². The number of amides is 1. The van der Waals surface area contributed by atoms with E-state index in [1.165, 1.54) is 24.4 Å². The summed E-state index contributed by atoms with van der Waals surface area (Å²) in [4.78, 5) is 23.8. The highest BCUT2D eigenvalue weighted by Gasteiger charge is 2.06. The van der Waals surface area contributed by atoms with Crippen LogP contribution in [-0.2, 0) is 4.79 Å². The Kier molecular flexibility index (Phi) is 3.82. The fourth-order valence-electron chi connectivity index (χ4n) is 1.10. The topological polar surface area (TPSA) is 88.0 Å². The molecule has 1 rings (SSSR count). The first-order valence-electron chi connectivity index (χ1n) is 4.80. The van der Waals surface area contributed by atoms with Crippen molar-refractivity contribution < 1.29 is 9.72 Å². The molecule has 0 atom stereocenters. The summed E-state index contributed by atoms with van der Waals surface area (Å²) in [5, 5.41) is 13.0. The molecule has 6 nitrogen and oxygen atoms in total. The molecule has 0 spiro atoms. The van der Waals surface area contributed by atoms with Crippen molar-refractivity contribution in [2.45, 2.75) is 19.9 Å². The summed E-state index contributed by atoms with van der Waals surface area (Å²) in [6.07, 6.45) is 4.10. The van der Waals surface area contributed by atoms with Crippen LogP contribution in [0.5, 0.6) is 0 Å². The summed E-state index contributed by atoms with van der Waals surface area (Å²) in [6.45, 7) is 3.70. The number of hydrogen-bond acceptors (Lipinski definition) is 3. The van der Waals surface area contributed by atoms with Crippen molar-refractivity contribution in [2.24, 2.45) is 0 Å². The molecule has 16 heavy (non-hydrogen) atoms. The van der Waals surface area contributed by atoms with Crippen LogP contribution < -0.4 is 5.32 Å². The highest BCUT2D eigenvalue weighted by molar-refractivity contribution is 5.91. The zero-order chi connectivity index (χ0) is 12.1. The molecule has 86 valence electrons. The molecular formula is C10H13N3O3. The number of aromatic nitrogens is 1. The zero-order valence-electron chi connectivity index (χ0n) is 9.06. The summed E-state index contributed by atoms with van der Waals surface area (Å²) in [5.74, 6) is -0.229. The smallest absolute Gasteiger partial charge is 0.287 e. The standard InChI is InChI=1S/C10H13N3O3/c1-7(2)12-10(14)4-3-8-5-9(6-11-8)13(15)16/h3-7,11H,1-2H3,(H,12,14). The van der Waals surface area contributed by atoms with Crippen molar-refractivity contribution in [2.75, 3.05) is 0 Å². The van der Waals surface area contributed by atoms with Crippen molar-refractivity contribution in [1.29, 1.82) is 0 Å². The SMILES string of the molecule is CC(C)NC(=O)C=Cc1cc([N+](=O)[O-])c[nH]1. The lowest BCUT2D eigenvalue weighted by molar-refractivity contribution is -0.384. The number of H-pyrrole nitrogens is 1. The molecule has 0 saturated carbocycles. The minimum Gasteiger partial charge on any atom is -0.356 e. The lowest BCUT2D eigenvalue weighted by Crippen LogP contribution is -2.28. The van der Waals surface area contributed by atoms with Gasteiger partial charge in [0, 0.05) is 23.9 Å². The van der Waals surface area contributed by atoms with Crippen molar-refractivity contribution in [1.82, 2.24) is 10.3 Å². The number of nitro groups is 1. The van der Waals surface area contributed by atoms with Gasteiger partial charge in [0.15, 0.2) is 0 Å². The Labute approximate surface area is 92.5 Å². The summed E-state index contributed by atoms with van der Waals surface area (Å²) < 4.78 is 0. The maximum Gasteiger partial charge on any atom is 0.287 e. The van der Waals surface area contributed by atoms with Crippen LogP contribution in [0.4, 0.5) is 5.69 Å². The maximum absolute atomic E-state index is 11.2. The molecule has 6 heteroatoms. The second-order valence-electron chi connectivity index (χ2n) is 3.57. The summed E-state index contributed by atoms with van der Waals surface area (Å²) in [6, 6.07) is 1.43. The van der Waals surface area contributed by atoms with E-state index in [4.69, 9.17) is 0 Å². The number of hydrogen-bond donors (Lipinski definition) is 2. The monoisotopic (exact) mass is 223 g/mol. The molecule has 0 aliphatic heterocycles. The lowest BCUT2D eigenvalue weighted by atomic mass is 10.3. The highest BCUT2D eigenvalue weighted by Crippen LogP contribution is 2.12. The van der Waals surface area contributed by atoms with Crippen molar-refractivity contribution in [3.05, 3.63) is 34.1 Å². The van der Waals surface area contributed by atoms with Gasteiger partial charge in [-0.1, -0.05) is 0 Å². The Morgan fingerprint density at radius 1 is 1.62 bits per heavy atom. The molecule has 0 saturated heterocycles. The maximum atomic E-state index is 11.2. The van der Waals surface area contributed by atoms with E-state index in [2.05, 4.69) is 10.3 Å². The predicted molar refractivity (Wildman–Crippen MR) is 59.8 cm³/mol. The number of aromatic amines is 1. The van der Waals surface area contributed by atoms with Gasteiger partial charge < -0.3 is 10.3 Å². The van der Waals surface area contributed by atoms with Gasteiger partial charge in [0.05, 0.1) is 11.1 Å². The van der Waals surface area contributed by atoms with Crippen molar-refractivity contribution in [3.8, 4) is 0 Å². The largest absolute Gasteiger partial charge is 0.356 e. The summed E-state index contributed by atoms with van der Waals surface area (Å²) in [7, 11) is 0. The number of nitrogens with zero attached hydrogens (tertiary/aromatic N) is 1. The molecule has 0 aromatic carbocycles. The number of carbonyl (C=O) groups is 1. The molecule has 0 fully saturated rings. The minimum absolute atomic E-state index is 0.0242. The van der Waals surface area contributed by atoms with E-state index in [0.717, 1.165) is 0 Å². The van der Waals surface area contributed by atoms with Crippen LogP contribution >= 0.6 is 0 Å². The Hall–Kier alpha value is -2.11. The quantitative estimate of drug-likeness (QED) is 0.460. The van der Waals surface area contributed by atoms with Gasteiger partial charge in [-0.2, -0.15) is 0 Å². The Balaban J connectivity index is 2.62. The molecule has 1 heterocycles. The summed E-state index contributed by atoms with van der Waals surface area (Å²) in [5.41, 5.74) is 0.495. The molecule has 0 unspecified atom stereocenters. The first-order valence-corrected chi connectivity index (χ1v) is 4.80. The third-order valence-corrected chi connectivity index (χ3v) is 1.75. The molecule has 0 aliphatic rings. The average Bonchev–Trinajstić information content (AvgIpc) is 2.61. The average molecular weight is 223 g/mol. The van der Waals surface area contributed by atoms with Crippen LogP contribution in [0, 0.1) is 10.1 Å². The molecule has 2 N–H and O–H groups in total. The van der Waals surface area contributed by atoms with Crippen LogP contribution in [-0.4, -0.2) is 21.9 Å². The van der Waals surface area contributed by atoms with Gasteiger partial charge in [-0.3, -0.25) is 14.9 Å². The third-order valence-electron chi connectivity index (χ3n) is 1.75. The number of rotatable bonds is 4. The predicted octanol–water partition coefficient (Wildman–Crippen LogP) is 1.46. The first kappa shape index (κ1) is 12.0. The van der Waals surface area contributed by atoms with E-state index in [1.807, 2.05) is 13.8 Å². The normalized spacial score (nSPS) is 10.9. The van der Waals surface area contributed by atoms with E-state index in [9.17, 15) is 14.9 Å². The molecule has 0 radical (unpaired) electrons. The fourth-order valence-corrected chi connectivity index (χ4v) is 1.10. The highest BCUT2D eigenvalue weighted by atomic mass is 16.6. The zero-order valence-corrected chi connectivity index (χ0v) is 9.06. The minimum atomic E-state index is -0.498. The van der Waals surface area contributed by atoms with E-state index in [1.54, 1.807) is 0 Å². The summed E-state index contributed by atoms with van der Waals surface area (Å²) >= 11 is 0.